The van der Waals surface area contributed by atoms with Crippen LogP contribution in [0.15, 0.2) is 28.7 Å². The molecule has 0 aliphatic carbocycles. The Balaban J connectivity index is 1.80. The molecule has 0 bridgehead atoms. The van der Waals surface area contributed by atoms with E-state index in [1.165, 1.54) is 6.42 Å². The number of nitrogens with one attached hydrogen (secondary N) is 1. The van der Waals surface area contributed by atoms with Crippen molar-refractivity contribution in [1.82, 2.24) is 10.2 Å². The standard InChI is InChI=1S/C14H21BrN2O/c15-13-4-2-12(3-5-13)14(18)6-10-17-9-1-7-16-8-11-17/h2-5,14,16,18H,1,6-11H2. The highest BCUT2D eigenvalue weighted by atomic mass is 79.9. The molecule has 1 aliphatic rings. The number of aliphatic hydroxyl groups is 1. The summed E-state index contributed by atoms with van der Waals surface area (Å²) in [6, 6.07) is 7.93. The fourth-order valence-corrected chi connectivity index (χ4v) is 2.55. The van der Waals surface area contributed by atoms with Crippen molar-refractivity contribution >= 4 is 15.9 Å². The molecule has 0 spiro atoms. The maximum absolute atomic E-state index is 10.2. The molecule has 4 heteroatoms. The highest BCUT2D eigenvalue weighted by Gasteiger charge is 2.12. The molecular formula is C14H21BrN2O. The average Bonchev–Trinajstić information content (AvgIpc) is 2.65. The molecule has 1 aromatic rings. The molecule has 1 heterocycles. The Morgan fingerprint density at radius 3 is 2.78 bits per heavy atom. The summed E-state index contributed by atoms with van der Waals surface area (Å²) in [5.41, 5.74) is 1.01. The predicted molar refractivity (Wildman–Crippen MR) is 77.6 cm³/mol. The van der Waals surface area contributed by atoms with Gasteiger partial charge in [-0.1, -0.05) is 28.1 Å². The van der Waals surface area contributed by atoms with Gasteiger partial charge < -0.3 is 15.3 Å². The van der Waals surface area contributed by atoms with Gasteiger partial charge in [-0.25, -0.2) is 0 Å². The summed E-state index contributed by atoms with van der Waals surface area (Å²) in [5, 5.41) is 13.5. The molecule has 1 aliphatic heterocycles. The van der Waals surface area contributed by atoms with E-state index in [-0.39, 0.29) is 6.10 Å². The lowest BCUT2D eigenvalue weighted by molar-refractivity contribution is 0.144. The first-order valence-electron chi connectivity index (χ1n) is 6.62. The third-order valence-corrected chi connectivity index (χ3v) is 3.93. The van der Waals surface area contributed by atoms with E-state index in [4.69, 9.17) is 0 Å². The molecule has 0 saturated carbocycles. The first-order valence-corrected chi connectivity index (χ1v) is 7.41. The molecule has 1 unspecified atom stereocenters. The van der Waals surface area contributed by atoms with Crippen LogP contribution in [0.1, 0.15) is 24.5 Å². The first-order chi connectivity index (χ1) is 8.75. The zero-order valence-corrected chi connectivity index (χ0v) is 12.2. The number of benzene rings is 1. The van der Waals surface area contributed by atoms with Crippen LogP contribution in [-0.4, -0.2) is 42.7 Å². The number of halogens is 1. The van der Waals surface area contributed by atoms with Gasteiger partial charge in [-0.05, 0) is 43.6 Å². The third kappa shape index (κ3) is 4.35. The first kappa shape index (κ1) is 14.0. The minimum absolute atomic E-state index is 0.352. The van der Waals surface area contributed by atoms with Crippen molar-refractivity contribution in [1.29, 1.82) is 0 Å². The quantitative estimate of drug-likeness (QED) is 0.894. The van der Waals surface area contributed by atoms with E-state index in [0.29, 0.717) is 0 Å². The number of nitrogens with zero attached hydrogens (tertiary/aromatic N) is 1. The summed E-state index contributed by atoms with van der Waals surface area (Å²) in [5.74, 6) is 0. The SMILES string of the molecule is OC(CCN1CCCNCC1)c1ccc(Br)cc1. The average molecular weight is 313 g/mol. The molecule has 2 N–H and O–H groups in total. The molecular weight excluding hydrogens is 292 g/mol. The van der Waals surface area contributed by atoms with E-state index >= 15 is 0 Å². The summed E-state index contributed by atoms with van der Waals surface area (Å²) in [4.78, 5) is 2.43. The molecule has 1 atom stereocenters. The highest BCUT2D eigenvalue weighted by Crippen LogP contribution is 2.19. The maximum atomic E-state index is 10.2. The Bertz CT molecular complexity index is 347. The van der Waals surface area contributed by atoms with E-state index in [1.807, 2.05) is 24.3 Å². The smallest absolute Gasteiger partial charge is 0.0802 e. The molecule has 0 radical (unpaired) electrons. The summed E-state index contributed by atoms with van der Waals surface area (Å²) in [6.07, 6.45) is 1.66. The zero-order chi connectivity index (χ0) is 12.8. The van der Waals surface area contributed by atoms with Crippen LogP contribution in [0.25, 0.3) is 0 Å². The molecule has 2 rings (SSSR count). The summed E-state index contributed by atoms with van der Waals surface area (Å²) in [6.45, 7) is 5.38. The van der Waals surface area contributed by atoms with Crippen LogP contribution in [0.5, 0.6) is 0 Å². The van der Waals surface area contributed by atoms with Gasteiger partial charge in [0, 0.05) is 24.1 Å². The van der Waals surface area contributed by atoms with Gasteiger partial charge >= 0.3 is 0 Å². The van der Waals surface area contributed by atoms with Crippen molar-refractivity contribution < 1.29 is 5.11 Å². The molecule has 0 amide bonds. The van der Waals surface area contributed by atoms with Gasteiger partial charge in [0.05, 0.1) is 6.10 Å². The van der Waals surface area contributed by atoms with E-state index in [1.54, 1.807) is 0 Å². The second-order valence-corrected chi connectivity index (χ2v) is 5.72. The summed E-state index contributed by atoms with van der Waals surface area (Å²) < 4.78 is 1.05. The molecule has 1 fully saturated rings. The Labute approximate surface area is 117 Å². The Morgan fingerprint density at radius 1 is 1.22 bits per heavy atom. The van der Waals surface area contributed by atoms with Gasteiger partial charge in [0.2, 0.25) is 0 Å². The molecule has 18 heavy (non-hydrogen) atoms. The van der Waals surface area contributed by atoms with Crippen LogP contribution in [-0.2, 0) is 0 Å². The summed E-state index contributed by atoms with van der Waals surface area (Å²) >= 11 is 3.41. The fraction of sp³-hybridized carbons (Fsp3) is 0.571. The minimum Gasteiger partial charge on any atom is -0.388 e. The normalized spacial score (nSPS) is 19.4. The molecule has 1 saturated heterocycles. The van der Waals surface area contributed by atoms with Gasteiger partial charge in [0.25, 0.3) is 0 Å². The fourth-order valence-electron chi connectivity index (χ4n) is 2.28. The zero-order valence-electron chi connectivity index (χ0n) is 10.6. The second-order valence-electron chi connectivity index (χ2n) is 4.80. The van der Waals surface area contributed by atoms with Gasteiger partial charge in [-0.15, -0.1) is 0 Å². The van der Waals surface area contributed by atoms with Crippen molar-refractivity contribution in [2.45, 2.75) is 18.9 Å². The molecule has 0 aromatic heterocycles. The van der Waals surface area contributed by atoms with Crippen molar-refractivity contribution in [3.8, 4) is 0 Å². The van der Waals surface area contributed by atoms with Gasteiger partial charge in [0.1, 0.15) is 0 Å². The largest absolute Gasteiger partial charge is 0.388 e. The number of rotatable bonds is 4. The minimum atomic E-state index is -0.352. The Kier molecular flexibility index (Phi) is 5.63. The van der Waals surface area contributed by atoms with E-state index in [0.717, 1.165) is 49.2 Å². The topological polar surface area (TPSA) is 35.5 Å². The molecule has 1 aromatic carbocycles. The number of aliphatic hydroxyl groups excluding tert-OH is 1. The van der Waals surface area contributed by atoms with Crippen molar-refractivity contribution in [2.24, 2.45) is 0 Å². The van der Waals surface area contributed by atoms with Crippen LogP contribution in [0, 0.1) is 0 Å². The van der Waals surface area contributed by atoms with Crippen LogP contribution < -0.4 is 5.32 Å². The Morgan fingerprint density at radius 2 is 2.00 bits per heavy atom. The van der Waals surface area contributed by atoms with E-state index < -0.39 is 0 Å². The van der Waals surface area contributed by atoms with Crippen LogP contribution in [0.3, 0.4) is 0 Å². The highest BCUT2D eigenvalue weighted by molar-refractivity contribution is 9.10. The monoisotopic (exact) mass is 312 g/mol. The Hall–Kier alpha value is -0.420. The van der Waals surface area contributed by atoms with Gasteiger partial charge in [-0.3, -0.25) is 0 Å². The van der Waals surface area contributed by atoms with Crippen molar-refractivity contribution in [3.05, 3.63) is 34.3 Å². The predicted octanol–water partition coefficient (Wildman–Crippen LogP) is 2.17. The maximum Gasteiger partial charge on any atom is 0.0802 e. The lowest BCUT2D eigenvalue weighted by Crippen LogP contribution is -2.29. The van der Waals surface area contributed by atoms with Crippen molar-refractivity contribution in [2.75, 3.05) is 32.7 Å². The van der Waals surface area contributed by atoms with E-state index in [2.05, 4.69) is 26.1 Å². The van der Waals surface area contributed by atoms with Crippen LogP contribution >= 0.6 is 15.9 Å². The van der Waals surface area contributed by atoms with Gasteiger partial charge in [0.15, 0.2) is 0 Å². The lowest BCUT2D eigenvalue weighted by Gasteiger charge is -2.21. The lowest BCUT2D eigenvalue weighted by atomic mass is 10.1. The van der Waals surface area contributed by atoms with Crippen molar-refractivity contribution in [3.63, 3.8) is 0 Å². The molecule has 3 nitrogen and oxygen atoms in total. The number of hydrogen-bond donors (Lipinski definition) is 2. The van der Waals surface area contributed by atoms with Crippen LogP contribution in [0.2, 0.25) is 0 Å². The third-order valence-electron chi connectivity index (χ3n) is 3.41. The summed E-state index contributed by atoms with van der Waals surface area (Å²) in [7, 11) is 0. The van der Waals surface area contributed by atoms with E-state index in [9.17, 15) is 5.11 Å². The van der Waals surface area contributed by atoms with Crippen LogP contribution in [0.4, 0.5) is 0 Å². The molecule has 100 valence electrons. The number of hydrogen-bond acceptors (Lipinski definition) is 3. The second kappa shape index (κ2) is 7.24. The van der Waals surface area contributed by atoms with Gasteiger partial charge in [-0.2, -0.15) is 0 Å².